The van der Waals surface area contributed by atoms with Crippen molar-refractivity contribution in [3.8, 4) is 44.8 Å². The summed E-state index contributed by atoms with van der Waals surface area (Å²) in [5.41, 5.74) is 16.0. The molecule has 286 valence electrons. The molecule has 0 bridgehead atoms. The highest BCUT2D eigenvalue weighted by atomic mass is 16.5. The quantitative estimate of drug-likeness (QED) is 0.162. The molecule has 0 spiro atoms. The molecule has 0 N–H and O–H groups in total. The first-order valence-corrected chi connectivity index (χ1v) is 20.6. The van der Waals surface area contributed by atoms with E-state index in [1.54, 1.807) is 0 Å². The monoisotopic (exact) mass is 774 g/mol. The average Bonchev–Trinajstić information content (AvgIpc) is 4.16. The number of fused-ring (bicyclic) bond motifs is 6. The first-order valence-electron chi connectivity index (χ1n) is 20.6. The molecule has 12 rings (SSSR count). The smallest absolute Gasteiger partial charge is 0.216 e. The molecule has 60 heavy (non-hydrogen) atoms. The van der Waals surface area contributed by atoms with Crippen molar-refractivity contribution < 1.29 is 9.47 Å². The highest BCUT2D eigenvalue weighted by Gasteiger charge is 2.19. The topological polar surface area (TPSA) is 53.0 Å². The zero-order valence-electron chi connectivity index (χ0n) is 32.8. The molecule has 0 aliphatic carbocycles. The number of aliphatic imine (C=N–C) groups is 2. The fourth-order valence-electron chi connectivity index (χ4n) is 9.11. The lowest BCUT2D eigenvalue weighted by atomic mass is 9.98. The zero-order valence-corrected chi connectivity index (χ0v) is 32.8. The molecule has 0 saturated heterocycles. The van der Waals surface area contributed by atoms with Gasteiger partial charge in [-0.1, -0.05) is 84.9 Å². The summed E-state index contributed by atoms with van der Waals surface area (Å²) in [6.07, 6.45) is 0. The van der Waals surface area contributed by atoms with Crippen LogP contribution in [0.5, 0.6) is 0 Å². The second kappa shape index (κ2) is 14.0. The van der Waals surface area contributed by atoms with Crippen LogP contribution >= 0.6 is 0 Å². The van der Waals surface area contributed by atoms with Crippen LogP contribution in [0.1, 0.15) is 11.1 Å². The maximum atomic E-state index is 5.73. The van der Waals surface area contributed by atoms with Crippen LogP contribution in [0.4, 0.5) is 0 Å². The van der Waals surface area contributed by atoms with Crippen LogP contribution in [0.2, 0.25) is 0 Å². The molecule has 0 unspecified atom stereocenters. The summed E-state index contributed by atoms with van der Waals surface area (Å²) in [6, 6.07) is 66.0. The van der Waals surface area contributed by atoms with Gasteiger partial charge in [-0.25, -0.2) is 9.98 Å². The van der Waals surface area contributed by atoms with E-state index in [1.807, 2.05) is 0 Å². The molecule has 6 nitrogen and oxygen atoms in total. The van der Waals surface area contributed by atoms with Gasteiger partial charge in [0.1, 0.15) is 13.2 Å². The Kier molecular flexibility index (Phi) is 8.01. The zero-order chi connectivity index (χ0) is 39.6. The summed E-state index contributed by atoms with van der Waals surface area (Å²) >= 11 is 0. The number of aromatic nitrogens is 2. The number of ether oxygens (including phenoxy) is 2. The summed E-state index contributed by atoms with van der Waals surface area (Å²) in [4.78, 5) is 9.02. The third-order valence-electron chi connectivity index (χ3n) is 12.0. The Balaban J connectivity index is 1.01. The van der Waals surface area contributed by atoms with Gasteiger partial charge in [0.15, 0.2) is 0 Å². The van der Waals surface area contributed by atoms with Gasteiger partial charge in [-0.15, -0.1) is 0 Å². The van der Waals surface area contributed by atoms with E-state index in [0.717, 1.165) is 58.5 Å². The molecule has 0 saturated carbocycles. The lowest BCUT2D eigenvalue weighted by Gasteiger charge is -2.09. The van der Waals surface area contributed by atoms with Crippen LogP contribution in [-0.4, -0.2) is 47.2 Å². The van der Waals surface area contributed by atoms with Crippen molar-refractivity contribution in [2.45, 2.75) is 0 Å². The van der Waals surface area contributed by atoms with E-state index in [-0.39, 0.29) is 0 Å². The molecule has 6 heteroatoms. The van der Waals surface area contributed by atoms with Gasteiger partial charge in [0, 0.05) is 44.0 Å². The first-order chi connectivity index (χ1) is 29.7. The van der Waals surface area contributed by atoms with Crippen LogP contribution in [0.15, 0.2) is 192 Å². The SMILES string of the molecule is c1ccc(-n2c3ccc(-c4ccc(C5=NCCO5)cc4)cc3c3cc(-c4ccc5c(c4)c4cc(-c6ccc(C7=NCCO7)cc6)ccc4n5-c4ccccc4)ccc32)cc1. The fourth-order valence-corrected chi connectivity index (χ4v) is 9.11. The van der Waals surface area contributed by atoms with Gasteiger partial charge in [-0.3, -0.25) is 0 Å². The third kappa shape index (κ3) is 5.71. The van der Waals surface area contributed by atoms with Crippen LogP contribution in [0.3, 0.4) is 0 Å². The predicted octanol–water partition coefficient (Wildman–Crippen LogP) is 12.4. The molecular formula is C54H38N4O2. The van der Waals surface area contributed by atoms with Gasteiger partial charge < -0.3 is 18.6 Å². The predicted molar refractivity (Wildman–Crippen MR) is 246 cm³/mol. The Morgan fingerprint density at radius 3 is 0.933 bits per heavy atom. The van der Waals surface area contributed by atoms with Crippen molar-refractivity contribution in [3.05, 3.63) is 193 Å². The van der Waals surface area contributed by atoms with Gasteiger partial charge >= 0.3 is 0 Å². The summed E-state index contributed by atoms with van der Waals surface area (Å²) in [5.74, 6) is 1.46. The van der Waals surface area contributed by atoms with Crippen LogP contribution < -0.4 is 0 Å². The van der Waals surface area contributed by atoms with Crippen molar-refractivity contribution in [3.63, 3.8) is 0 Å². The van der Waals surface area contributed by atoms with E-state index in [9.17, 15) is 0 Å². The normalized spacial score (nSPS) is 13.9. The number of hydrogen-bond acceptors (Lipinski definition) is 4. The Hall–Kier alpha value is -7.70. The molecule has 0 atom stereocenters. The summed E-state index contributed by atoms with van der Waals surface area (Å²) in [5, 5.41) is 4.85. The van der Waals surface area contributed by atoms with Crippen molar-refractivity contribution in [1.82, 2.24) is 9.13 Å². The number of para-hydroxylation sites is 2. The van der Waals surface area contributed by atoms with E-state index in [4.69, 9.17) is 9.47 Å². The molecule has 10 aromatic rings. The summed E-state index contributed by atoms with van der Waals surface area (Å²) in [7, 11) is 0. The number of rotatable bonds is 7. The molecule has 2 aliphatic heterocycles. The first kappa shape index (κ1) is 34.4. The van der Waals surface area contributed by atoms with Gasteiger partial charge in [0.05, 0.1) is 35.2 Å². The number of nitrogens with zero attached hydrogens (tertiary/aromatic N) is 4. The van der Waals surface area contributed by atoms with Crippen molar-refractivity contribution in [1.29, 1.82) is 0 Å². The minimum atomic E-state index is 0.649. The lowest BCUT2D eigenvalue weighted by Crippen LogP contribution is -2.00. The molecule has 0 radical (unpaired) electrons. The van der Waals surface area contributed by atoms with Gasteiger partial charge in [-0.2, -0.15) is 0 Å². The standard InChI is InChI=1S/C54H38N4O2/c1-3-7-43(8-4-1)57-49-23-19-39(35-11-15-37(16-12-35)53-55-27-29-59-53)31-45(49)47-33-41(21-25-51(47)57)42-22-26-52-48(34-42)46-32-40(20-24-50(46)58(52)44-9-5-2-6-10-44)36-13-17-38(18-14-36)54-56-28-30-60-54/h1-26,31-34H,27-30H2. The van der Waals surface area contributed by atoms with E-state index in [2.05, 4.69) is 201 Å². The molecule has 2 aromatic heterocycles. The Morgan fingerprint density at radius 2 is 0.617 bits per heavy atom. The van der Waals surface area contributed by atoms with Crippen LogP contribution in [0, 0.1) is 0 Å². The summed E-state index contributed by atoms with van der Waals surface area (Å²) in [6.45, 7) is 2.73. The average molecular weight is 775 g/mol. The molecule has 0 amide bonds. The van der Waals surface area contributed by atoms with Crippen LogP contribution in [0.25, 0.3) is 88.4 Å². The van der Waals surface area contributed by atoms with E-state index in [1.165, 1.54) is 65.9 Å². The third-order valence-corrected chi connectivity index (χ3v) is 12.0. The Morgan fingerprint density at radius 1 is 0.317 bits per heavy atom. The molecule has 0 fully saturated rings. The van der Waals surface area contributed by atoms with Gasteiger partial charge in [-0.05, 0) is 130 Å². The maximum absolute atomic E-state index is 5.73. The highest BCUT2D eigenvalue weighted by Crippen LogP contribution is 2.40. The van der Waals surface area contributed by atoms with E-state index < -0.39 is 0 Å². The van der Waals surface area contributed by atoms with Gasteiger partial charge in [0.2, 0.25) is 11.8 Å². The Labute approximate surface area is 346 Å². The maximum Gasteiger partial charge on any atom is 0.216 e. The molecule has 2 aliphatic rings. The van der Waals surface area contributed by atoms with Crippen LogP contribution in [-0.2, 0) is 9.47 Å². The fraction of sp³-hybridized carbons (Fsp3) is 0.0741. The Bertz CT molecular complexity index is 3110. The van der Waals surface area contributed by atoms with Crippen molar-refractivity contribution in [2.75, 3.05) is 26.3 Å². The van der Waals surface area contributed by atoms with Gasteiger partial charge in [0.25, 0.3) is 0 Å². The second-order valence-corrected chi connectivity index (χ2v) is 15.5. The van der Waals surface area contributed by atoms with Crippen molar-refractivity contribution >= 4 is 55.4 Å². The highest BCUT2D eigenvalue weighted by molar-refractivity contribution is 6.14. The molecule has 4 heterocycles. The molecular weight excluding hydrogens is 737 g/mol. The second-order valence-electron chi connectivity index (χ2n) is 15.5. The number of hydrogen-bond donors (Lipinski definition) is 0. The largest absolute Gasteiger partial charge is 0.476 e. The molecule has 8 aromatic carbocycles. The number of benzene rings is 8. The lowest BCUT2D eigenvalue weighted by molar-refractivity contribution is 0.348. The van der Waals surface area contributed by atoms with E-state index >= 15 is 0 Å². The van der Waals surface area contributed by atoms with Crippen molar-refractivity contribution in [2.24, 2.45) is 9.98 Å². The minimum absolute atomic E-state index is 0.649. The van der Waals surface area contributed by atoms with E-state index in [0.29, 0.717) is 13.2 Å². The summed E-state index contributed by atoms with van der Waals surface area (Å²) < 4.78 is 16.2. The minimum Gasteiger partial charge on any atom is -0.476 e.